The van der Waals surface area contributed by atoms with E-state index < -0.39 is 0 Å². The molecule has 0 aliphatic heterocycles. The van der Waals surface area contributed by atoms with Gasteiger partial charge in [0.25, 0.3) is 0 Å². The molecule has 0 saturated heterocycles. The highest BCUT2D eigenvalue weighted by Crippen LogP contribution is 2.23. The normalized spacial score (nSPS) is 11.0. The summed E-state index contributed by atoms with van der Waals surface area (Å²) in [7, 11) is 1.92. The fraction of sp³-hybridized carbons (Fsp3) is 0.267. The topological polar surface area (TPSA) is 56.7 Å². The third-order valence-electron chi connectivity index (χ3n) is 3.26. The first-order chi connectivity index (χ1) is 10.7. The van der Waals surface area contributed by atoms with Crippen molar-refractivity contribution in [3.63, 3.8) is 0 Å². The maximum atomic E-state index is 13.0. The Morgan fingerprint density at radius 2 is 2.05 bits per heavy atom. The van der Waals surface area contributed by atoms with Crippen LogP contribution in [0.3, 0.4) is 0 Å². The van der Waals surface area contributed by atoms with E-state index in [2.05, 4.69) is 15.4 Å². The molecule has 0 spiro atoms. The summed E-state index contributed by atoms with van der Waals surface area (Å²) in [6.45, 7) is 0. The van der Waals surface area contributed by atoms with Crippen LogP contribution >= 0.6 is 11.8 Å². The second kappa shape index (κ2) is 6.74. The SMILES string of the molecule is Cn1c(SCCCc2cnoc2)nnc1-c1ccc(F)cc1. The second-order valence-electron chi connectivity index (χ2n) is 4.86. The average Bonchev–Trinajstić information content (AvgIpc) is 3.15. The molecule has 0 bridgehead atoms. The van der Waals surface area contributed by atoms with Crippen molar-refractivity contribution in [2.24, 2.45) is 7.05 Å². The lowest BCUT2D eigenvalue weighted by molar-refractivity contribution is 0.419. The van der Waals surface area contributed by atoms with Crippen molar-refractivity contribution in [1.82, 2.24) is 19.9 Å². The van der Waals surface area contributed by atoms with Gasteiger partial charge in [0.2, 0.25) is 0 Å². The van der Waals surface area contributed by atoms with Crippen LogP contribution in [0.2, 0.25) is 0 Å². The van der Waals surface area contributed by atoms with E-state index in [1.54, 1.807) is 36.4 Å². The van der Waals surface area contributed by atoms with Crippen LogP contribution in [0.4, 0.5) is 4.39 Å². The van der Waals surface area contributed by atoms with Gasteiger partial charge in [0.05, 0.1) is 6.20 Å². The van der Waals surface area contributed by atoms with E-state index in [1.165, 1.54) is 12.1 Å². The molecule has 0 aliphatic carbocycles. The molecule has 22 heavy (non-hydrogen) atoms. The lowest BCUT2D eigenvalue weighted by Gasteiger charge is -2.03. The van der Waals surface area contributed by atoms with Crippen LogP contribution in [0.25, 0.3) is 11.4 Å². The predicted molar refractivity (Wildman–Crippen MR) is 81.9 cm³/mol. The highest BCUT2D eigenvalue weighted by molar-refractivity contribution is 7.99. The van der Waals surface area contributed by atoms with Gasteiger partial charge in [-0.25, -0.2) is 4.39 Å². The minimum absolute atomic E-state index is 0.255. The number of halogens is 1. The number of aromatic nitrogens is 4. The van der Waals surface area contributed by atoms with Gasteiger partial charge in [-0.3, -0.25) is 0 Å². The van der Waals surface area contributed by atoms with Gasteiger partial charge in [-0.05, 0) is 37.1 Å². The Morgan fingerprint density at radius 1 is 1.23 bits per heavy atom. The summed E-state index contributed by atoms with van der Waals surface area (Å²) in [5.41, 5.74) is 1.96. The van der Waals surface area contributed by atoms with Crippen LogP contribution < -0.4 is 0 Å². The second-order valence-corrected chi connectivity index (χ2v) is 5.92. The molecule has 0 saturated carbocycles. The number of thioether (sulfide) groups is 1. The zero-order valence-electron chi connectivity index (χ0n) is 12.1. The van der Waals surface area contributed by atoms with Crippen molar-refractivity contribution in [3.05, 3.63) is 48.1 Å². The Labute approximate surface area is 131 Å². The van der Waals surface area contributed by atoms with Crippen LogP contribution in [0.1, 0.15) is 12.0 Å². The van der Waals surface area contributed by atoms with E-state index in [4.69, 9.17) is 4.52 Å². The van der Waals surface area contributed by atoms with Gasteiger partial charge in [-0.2, -0.15) is 0 Å². The van der Waals surface area contributed by atoms with E-state index >= 15 is 0 Å². The third-order valence-corrected chi connectivity index (χ3v) is 4.37. The quantitative estimate of drug-likeness (QED) is 0.515. The van der Waals surface area contributed by atoms with Gasteiger partial charge in [-0.1, -0.05) is 16.9 Å². The molecule has 3 aromatic rings. The summed E-state index contributed by atoms with van der Waals surface area (Å²) in [5.74, 6) is 1.41. The molecule has 2 aromatic heterocycles. The first-order valence-corrected chi connectivity index (χ1v) is 7.89. The van der Waals surface area contributed by atoms with Crippen molar-refractivity contribution in [2.45, 2.75) is 18.0 Å². The molecule has 5 nitrogen and oxygen atoms in total. The third kappa shape index (κ3) is 3.36. The molecule has 0 amide bonds. The summed E-state index contributed by atoms with van der Waals surface area (Å²) < 4.78 is 19.7. The molecular formula is C15H15FN4OS. The number of aryl methyl sites for hydroxylation is 1. The Balaban J connectivity index is 1.59. The lowest BCUT2D eigenvalue weighted by atomic mass is 10.2. The average molecular weight is 318 g/mol. The number of benzene rings is 1. The fourth-order valence-corrected chi connectivity index (χ4v) is 2.93. The highest BCUT2D eigenvalue weighted by Gasteiger charge is 2.11. The van der Waals surface area contributed by atoms with Crippen molar-refractivity contribution < 1.29 is 8.91 Å². The maximum Gasteiger partial charge on any atom is 0.191 e. The Kier molecular flexibility index (Phi) is 4.53. The summed E-state index contributed by atoms with van der Waals surface area (Å²) in [6.07, 6.45) is 5.34. The van der Waals surface area contributed by atoms with Gasteiger partial charge in [0, 0.05) is 23.9 Å². The van der Waals surface area contributed by atoms with Gasteiger partial charge >= 0.3 is 0 Å². The maximum absolute atomic E-state index is 13.0. The summed E-state index contributed by atoms with van der Waals surface area (Å²) >= 11 is 1.65. The fourth-order valence-electron chi connectivity index (χ4n) is 2.08. The van der Waals surface area contributed by atoms with E-state index in [9.17, 15) is 4.39 Å². The monoisotopic (exact) mass is 318 g/mol. The Hall–Kier alpha value is -2.15. The van der Waals surface area contributed by atoms with Crippen LogP contribution in [0.5, 0.6) is 0 Å². The first-order valence-electron chi connectivity index (χ1n) is 6.90. The number of hydrogen-bond donors (Lipinski definition) is 0. The molecule has 0 unspecified atom stereocenters. The minimum Gasteiger partial charge on any atom is -0.364 e. The Bertz CT molecular complexity index is 725. The van der Waals surface area contributed by atoms with E-state index in [0.29, 0.717) is 0 Å². The van der Waals surface area contributed by atoms with Gasteiger partial charge in [0.15, 0.2) is 11.0 Å². The number of rotatable bonds is 6. The molecule has 1 aromatic carbocycles. The molecular weight excluding hydrogens is 303 g/mol. The molecule has 114 valence electrons. The molecule has 7 heteroatoms. The standard InChI is InChI=1S/C15H15FN4OS/c1-20-14(12-4-6-13(16)7-5-12)18-19-15(20)22-8-2-3-11-9-17-21-10-11/h4-7,9-10H,2-3,8H2,1H3. The molecule has 0 N–H and O–H groups in total. The zero-order chi connectivity index (χ0) is 15.4. The van der Waals surface area contributed by atoms with Crippen LogP contribution in [-0.4, -0.2) is 25.7 Å². The van der Waals surface area contributed by atoms with Crippen LogP contribution in [-0.2, 0) is 13.5 Å². The van der Waals surface area contributed by atoms with Crippen molar-refractivity contribution >= 4 is 11.8 Å². The smallest absolute Gasteiger partial charge is 0.191 e. The van der Waals surface area contributed by atoms with E-state index in [-0.39, 0.29) is 5.82 Å². The molecule has 3 rings (SSSR count). The van der Waals surface area contributed by atoms with Crippen LogP contribution in [0.15, 0.2) is 46.4 Å². The van der Waals surface area contributed by atoms with Crippen molar-refractivity contribution in [1.29, 1.82) is 0 Å². The minimum atomic E-state index is -0.255. The zero-order valence-corrected chi connectivity index (χ0v) is 12.9. The number of nitrogens with zero attached hydrogens (tertiary/aromatic N) is 4. The number of hydrogen-bond acceptors (Lipinski definition) is 5. The Morgan fingerprint density at radius 3 is 2.77 bits per heavy atom. The van der Waals surface area contributed by atoms with Gasteiger partial charge in [0.1, 0.15) is 12.1 Å². The lowest BCUT2D eigenvalue weighted by Crippen LogP contribution is -1.96. The summed E-state index contributed by atoms with van der Waals surface area (Å²) in [5, 5.41) is 12.9. The summed E-state index contributed by atoms with van der Waals surface area (Å²) in [6, 6.07) is 6.27. The van der Waals surface area contributed by atoms with Crippen molar-refractivity contribution in [3.8, 4) is 11.4 Å². The van der Waals surface area contributed by atoms with E-state index in [1.807, 2.05) is 11.6 Å². The van der Waals surface area contributed by atoms with Gasteiger partial charge < -0.3 is 9.09 Å². The molecule has 2 heterocycles. The summed E-state index contributed by atoms with van der Waals surface area (Å²) in [4.78, 5) is 0. The predicted octanol–water partition coefficient (Wildman–Crippen LogP) is 3.33. The molecule has 0 aliphatic rings. The largest absolute Gasteiger partial charge is 0.364 e. The van der Waals surface area contributed by atoms with Gasteiger partial charge in [-0.15, -0.1) is 10.2 Å². The van der Waals surface area contributed by atoms with Crippen molar-refractivity contribution in [2.75, 3.05) is 5.75 Å². The highest BCUT2D eigenvalue weighted by atomic mass is 32.2. The molecule has 0 fully saturated rings. The molecule has 0 atom stereocenters. The molecule has 0 radical (unpaired) electrons. The first kappa shape index (κ1) is 14.8. The van der Waals surface area contributed by atoms with E-state index in [0.717, 1.165) is 40.7 Å². The van der Waals surface area contributed by atoms with Crippen LogP contribution in [0, 0.1) is 5.82 Å².